The molecule has 1 saturated heterocycles. The van der Waals surface area contributed by atoms with Crippen LogP contribution in [0.1, 0.15) is 37.8 Å². The van der Waals surface area contributed by atoms with Crippen LogP contribution in [-0.4, -0.2) is 30.5 Å². The van der Waals surface area contributed by atoms with Gasteiger partial charge in [-0.05, 0) is 50.6 Å². The van der Waals surface area contributed by atoms with Gasteiger partial charge in [-0.15, -0.1) is 0 Å². The maximum absolute atomic E-state index is 13.2. The lowest BCUT2D eigenvalue weighted by molar-refractivity contribution is -0.122. The first kappa shape index (κ1) is 17.5. The number of likely N-dealkylation sites (tertiary alicyclic amines) is 1. The van der Waals surface area contributed by atoms with Crippen molar-refractivity contribution in [3.8, 4) is 5.75 Å². The molecular weight excluding hydrogens is 312 g/mol. The third-order valence-corrected chi connectivity index (χ3v) is 4.56. The Morgan fingerprint density at radius 2 is 1.72 bits per heavy atom. The van der Waals surface area contributed by atoms with Crippen LogP contribution < -0.4 is 10.1 Å². The van der Waals surface area contributed by atoms with Crippen LogP contribution >= 0.6 is 0 Å². The second kappa shape index (κ2) is 8.67. The summed E-state index contributed by atoms with van der Waals surface area (Å²) in [5, 5.41) is 3.09. The first-order valence-corrected chi connectivity index (χ1v) is 9.11. The quantitative estimate of drug-likeness (QED) is 0.856. The van der Waals surface area contributed by atoms with Gasteiger partial charge < -0.3 is 10.1 Å². The van der Waals surface area contributed by atoms with Crippen LogP contribution in [0.5, 0.6) is 5.75 Å². The van der Waals surface area contributed by atoms with Gasteiger partial charge in [0.1, 0.15) is 11.8 Å². The van der Waals surface area contributed by atoms with Gasteiger partial charge in [-0.25, -0.2) is 0 Å². The van der Waals surface area contributed by atoms with Crippen molar-refractivity contribution >= 4 is 11.6 Å². The molecule has 0 aliphatic carbocycles. The van der Waals surface area contributed by atoms with Gasteiger partial charge in [0.2, 0.25) is 5.91 Å². The predicted octanol–water partition coefficient (Wildman–Crippen LogP) is 4.25. The van der Waals surface area contributed by atoms with Gasteiger partial charge in [-0.3, -0.25) is 9.69 Å². The zero-order chi connectivity index (χ0) is 17.5. The maximum atomic E-state index is 13.2. The van der Waals surface area contributed by atoms with Crippen molar-refractivity contribution in [2.75, 3.05) is 25.0 Å². The molecule has 1 fully saturated rings. The Morgan fingerprint density at radius 1 is 1.04 bits per heavy atom. The molecule has 132 valence electrons. The monoisotopic (exact) mass is 338 g/mol. The summed E-state index contributed by atoms with van der Waals surface area (Å²) in [6.45, 7) is 4.43. The molecule has 3 rings (SSSR count). The molecule has 1 N–H and O–H groups in total. The topological polar surface area (TPSA) is 41.6 Å². The summed E-state index contributed by atoms with van der Waals surface area (Å²) < 4.78 is 5.64. The van der Waals surface area contributed by atoms with Crippen LogP contribution in [0.2, 0.25) is 0 Å². The van der Waals surface area contributed by atoms with Crippen molar-refractivity contribution in [2.45, 2.75) is 32.2 Å². The first-order chi connectivity index (χ1) is 12.3. The van der Waals surface area contributed by atoms with E-state index in [0.29, 0.717) is 12.4 Å². The number of nitrogens with zero attached hydrogens (tertiary/aromatic N) is 1. The molecule has 0 spiro atoms. The fraction of sp³-hybridized carbons (Fsp3) is 0.381. The third-order valence-electron chi connectivity index (χ3n) is 4.56. The van der Waals surface area contributed by atoms with Gasteiger partial charge >= 0.3 is 0 Å². The lowest BCUT2D eigenvalue weighted by Gasteiger charge is -2.34. The Morgan fingerprint density at radius 3 is 2.44 bits per heavy atom. The van der Waals surface area contributed by atoms with Gasteiger partial charge in [0.05, 0.1) is 12.3 Å². The van der Waals surface area contributed by atoms with Crippen LogP contribution in [0.15, 0.2) is 54.6 Å². The zero-order valence-corrected chi connectivity index (χ0v) is 14.8. The normalized spacial score (nSPS) is 16.2. The number of para-hydroxylation sites is 2. The number of hydrogen-bond donors (Lipinski definition) is 1. The smallest absolute Gasteiger partial charge is 0.246 e. The molecule has 0 aromatic heterocycles. The number of amides is 1. The predicted molar refractivity (Wildman–Crippen MR) is 101 cm³/mol. The molecule has 0 unspecified atom stereocenters. The Hall–Kier alpha value is -2.33. The molecule has 0 bridgehead atoms. The van der Waals surface area contributed by atoms with E-state index < -0.39 is 0 Å². The minimum Gasteiger partial charge on any atom is -0.492 e. The summed E-state index contributed by atoms with van der Waals surface area (Å²) in [6, 6.07) is 17.4. The van der Waals surface area contributed by atoms with Gasteiger partial charge in [0.15, 0.2) is 0 Å². The summed E-state index contributed by atoms with van der Waals surface area (Å²) in [5.41, 5.74) is 1.77. The van der Waals surface area contributed by atoms with Crippen LogP contribution in [0.3, 0.4) is 0 Å². The minimum atomic E-state index is -0.267. The average Bonchev–Trinajstić information content (AvgIpc) is 2.65. The SMILES string of the molecule is CCOc1ccccc1NC(=O)[C@H](c1ccccc1)N1CCCCC1. The van der Waals surface area contributed by atoms with E-state index >= 15 is 0 Å². The number of nitrogens with one attached hydrogen (secondary N) is 1. The summed E-state index contributed by atoms with van der Waals surface area (Å²) in [7, 11) is 0. The Bertz CT molecular complexity index is 681. The van der Waals surface area contributed by atoms with Gasteiger partial charge in [-0.2, -0.15) is 0 Å². The van der Waals surface area contributed by atoms with E-state index in [9.17, 15) is 4.79 Å². The molecule has 0 radical (unpaired) electrons. The summed E-state index contributed by atoms with van der Waals surface area (Å²) >= 11 is 0. The number of carbonyl (C=O) groups is 1. The number of piperidine rings is 1. The Balaban J connectivity index is 1.84. The number of anilines is 1. The molecule has 1 atom stereocenters. The molecule has 1 aliphatic rings. The van der Waals surface area contributed by atoms with Crippen molar-refractivity contribution in [3.63, 3.8) is 0 Å². The second-order valence-corrected chi connectivity index (χ2v) is 6.33. The van der Waals surface area contributed by atoms with Crippen LogP contribution in [0.4, 0.5) is 5.69 Å². The van der Waals surface area contributed by atoms with E-state index in [2.05, 4.69) is 10.2 Å². The molecular formula is C21H26N2O2. The molecule has 0 saturated carbocycles. The highest BCUT2D eigenvalue weighted by atomic mass is 16.5. The molecule has 2 aromatic carbocycles. The largest absolute Gasteiger partial charge is 0.492 e. The van der Waals surface area contributed by atoms with E-state index in [4.69, 9.17) is 4.74 Å². The van der Waals surface area contributed by atoms with Crippen LogP contribution in [0.25, 0.3) is 0 Å². The van der Waals surface area contributed by atoms with Crippen molar-refractivity contribution < 1.29 is 9.53 Å². The number of rotatable bonds is 6. The number of benzene rings is 2. The van der Waals surface area contributed by atoms with Gasteiger partial charge in [0, 0.05) is 0 Å². The summed E-state index contributed by atoms with van der Waals surface area (Å²) in [4.78, 5) is 15.4. The van der Waals surface area contributed by atoms with E-state index in [1.807, 2.05) is 61.5 Å². The average molecular weight is 338 g/mol. The van der Waals surface area contributed by atoms with E-state index in [0.717, 1.165) is 37.2 Å². The van der Waals surface area contributed by atoms with E-state index in [-0.39, 0.29) is 11.9 Å². The first-order valence-electron chi connectivity index (χ1n) is 9.11. The van der Waals surface area contributed by atoms with Crippen molar-refractivity contribution in [1.82, 2.24) is 4.90 Å². The van der Waals surface area contributed by atoms with E-state index in [1.165, 1.54) is 6.42 Å². The summed E-state index contributed by atoms with van der Waals surface area (Å²) in [6.07, 6.45) is 3.53. The van der Waals surface area contributed by atoms with Crippen LogP contribution in [0, 0.1) is 0 Å². The summed E-state index contributed by atoms with van der Waals surface area (Å²) in [5.74, 6) is 0.712. The zero-order valence-electron chi connectivity index (χ0n) is 14.8. The highest BCUT2D eigenvalue weighted by Gasteiger charge is 2.29. The Labute approximate surface area is 149 Å². The molecule has 4 heteroatoms. The fourth-order valence-electron chi connectivity index (χ4n) is 3.39. The second-order valence-electron chi connectivity index (χ2n) is 6.33. The maximum Gasteiger partial charge on any atom is 0.246 e. The molecule has 4 nitrogen and oxygen atoms in total. The number of ether oxygens (including phenoxy) is 1. The van der Waals surface area contributed by atoms with E-state index in [1.54, 1.807) is 0 Å². The number of carbonyl (C=O) groups excluding carboxylic acids is 1. The lowest BCUT2D eigenvalue weighted by Crippen LogP contribution is -2.40. The highest BCUT2D eigenvalue weighted by molar-refractivity contribution is 5.96. The molecule has 1 aliphatic heterocycles. The Kier molecular flexibility index (Phi) is 6.07. The highest BCUT2D eigenvalue weighted by Crippen LogP contribution is 2.29. The lowest BCUT2D eigenvalue weighted by atomic mass is 10.0. The van der Waals surface area contributed by atoms with Gasteiger partial charge in [0.25, 0.3) is 0 Å². The van der Waals surface area contributed by atoms with Crippen molar-refractivity contribution in [2.24, 2.45) is 0 Å². The standard InChI is InChI=1S/C21H26N2O2/c1-2-25-19-14-8-7-13-18(19)22-21(24)20(17-11-5-3-6-12-17)23-15-9-4-10-16-23/h3,5-8,11-14,20H,2,4,9-10,15-16H2,1H3,(H,22,24)/t20-/m0/s1. The molecule has 1 heterocycles. The van der Waals surface area contributed by atoms with Gasteiger partial charge in [-0.1, -0.05) is 48.9 Å². The molecule has 2 aromatic rings. The van der Waals surface area contributed by atoms with Crippen molar-refractivity contribution in [1.29, 1.82) is 0 Å². The third kappa shape index (κ3) is 4.40. The number of hydrogen-bond acceptors (Lipinski definition) is 3. The molecule has 1 amide bonds. The fourth-order valence-corrected chi connectivity index (χ4v) is 3.39. The minimum absolute atomic E-state index is 0.000234. The van der Waals surface area contributed by atoms with Crippen molar-refractivity contribution in [3.05, 3.63) is 60.2 Å². The van der Waals surface area contributed by atoms with Crippen LogP contribution in [-0.2, 0) is 4.79 Å². The molecule has 25 heavy (non-hydrogen) atoms.